The summed E-state index contributed by atoms with van der Waals surface area (Å²) in [6.45, 7) is 4.15. The largest absolute Gasteiger partial charge is 0.207 e. The van der Waals surface area contributed by atoms with E-state index in [1.54, 1.807) is 12.1 Å². The average Bonchev–Trinajstić information content (AvgIpc) is 2.49. The molecule has 0 saturated carbocycles. The maximum absolute atomic E-state index is 14.2. The number of rotatable bonds is 5. The molecule has 0 aliphatic carbocycles. The average molecular weight is 325 g/mol. The monoisotopic (exact) mass is 324 g/mol. The fourth-order valence-corrected chi connectivity index (χ4v) is 3.33. The van der Waals surface area contributed by atoms with Crippen LogP contribution in [-0.4, -0.2) is 11.8 Å². The van der Waals surface area contributed by atoms with E-state index >= 15 is 0 Å². The van der Waals surface area contributed by atoms with E-state index in [1.807, 2.05) is 6.07 Å². The fourth-order valence-electron chi connectivity index (χ4n) is 2.56. The van der Waals surface area contributed by atoms with E-state index in [0.717, 1.165) is 5.56 Å². The van der Waals surface area contributed by atoms with Crippen molar-refractivity contribution in [2.75, 3.05) is 11.8 Å². The molecule has 0 saturated heterocycles. The zero-order valence-electron chi connectivity index (χ0n) is 12.3. The third kappa shape index (κ3) is 3.41. The van der Waals surface area contributed by atoms with E-state index in [-0.39, 0.29) is 17.6 Å². The van der Waals surface area contributed by atoms with Crippen LogP contribution < -0.4 is 0 Å². The highest BCUT2D eigenvalue weighted by Gasteiger charge is 2.33. The third-order valence-corrected chi connectivity index (χ3v) is 5.09. The first-order valence-corrected chi connectivity index (χ1v) is 8.02. The quantitative estimate of drug-likeness (QED) is 0.646. The molecule has 0 heterocycles. The molecule has 0 atom stereocenters. The summed E-state index contributed by atoms with van der Waals surface area (Å²) in [5.41, 5.74) is 3.60. The molecule has 0 aromatic heterocycles. The van der Waals surface area contributed by atoms with Gasteiger partial charge in [0, 0.05) is 17.2 Å². The van der Waals surface area contributed by atoms with Crippen molar-refractivity contribution in [1.29, 1.82) is 0 Å². The van der Waals surface area contributed by atoms with Gasteiger partial charge in [0.2, 0.25) is 0 Å². The SMILES string of the molecule is Cc1ccc(CC(CCl)(CCl)c2ccccc2F)cc1C. The van der Waals surface area contributed by atoms with Crippen LogP contribution in [0.1, 0.15) is 22.3 Å². The van der Waals surface area contributed by atoms with Gasteiger partial charge in [0.15, 0.2) is 0 Å². The van der Waals surface area contributed by atoms with Crippen LogP contribution in [-0.2, 0) is 11.8 Å². The molecule has 2 aromatic carbocycles. The Kier molecular flexibility index (Phi) is 5.29. The molecular weight excluding hydrogens is 306 g/mol. The van der Waals surface area contributed by atoms with Crippen LogP contribution in [0.3, 0.4) is 0 Å². The van der Waals surface area contributed by atoms with E-state index < -0.39 is 5.41 Å². The Labute approximate surface area is 135 Å². The lowest BCUT2D eigenvalue weighted by Crippen LogP contribution is -2.34. The molecule has 21 heavy (non-hydrogen) atoms. The Hall–Kier alpha value is -1.05. The summed E-state index contributed by atoms with van der Waals surface area (Å²) < 4.78 is 14.2. The lowest BCUT2D eigenvalue weighted by molar-refractivity contribution is 0.491. The molecular formula is C18H19Cl2F. The van der Waals surface area contributed by atoms with Crippen LogP contribution in [0.25, 0.3) is 0 Å². The molecule has 0 fully saturated rings. The van der Waals surface area contributed by atoms with Crippen molar-refractivity contribution in [1.82, 2.24) is 0 Å². The van der Waals surface area contributed by atoms with Crippen molar-refractivity contribution < 1.29 is 4.39 Å². The van der Waals surface area contributed by atoms with Crippen molar-refractivity contribution >= 4 is 23.2 Å². The molecule has 0 amide bonds. The Morgan fingerprint density at radius 3 is 2.19 bits per heavy atom. The van der Waals surface area contributed by atoms with Crippen molar-refractivity contribution in [2.24, 2.45) is 0 Å². The molecule has 0 unspecified atom stereocenters. The lowest BCUT2D eigenvalue weighted by Gasteiger charge is -2.31. The molecule has 0 spiro atoms. The summed E-state index contributed by atoms with van der Waals surface area (Å²) in [6, 6.07) is 13.0. The van der Waals surface area contributed by atoms with Gasteiger partial charge in [-0.3, -0.25) is 0 Å². The van der Waals surface area contributed by atoms with E-state index in [1.165, 1.54) is 17.2 Å². The van der Waals surface area contributed by atoms with Crippen LogP contribution in [0.15, 0.2) is 42.5 Å². The highest BCUT2D eigenvalue weighted by Crippen LogP contribution is 2.33. The smallest absolute Gasteiger partial charge is 0.127 e. The van der Waals surface area contributed by atoms with Crippen molar-refractivity contribution in [2.45, 2.75) is 25.7 Å². The second-order valence-electron chi connectivity index (χ2n) is 5.62. The first-order chi connectivity index (χ1) is 10.0. The molecule has 2 rings (SSSR count). The highest BCUT2D eigenvalue weighted by atomic mass is 35.5. The molecule has 112 valence electrons. The predicted molar refractivity (Wildman–Crippen MR) is 89.1 cm³/mol. The van der Waals surface area contributed by atoms with Crippen LogP contribution in [0.5, 0.6) is 0 Å². The molecule has 0 bridgehead atoms. The Morgan fingerprint density at radius 2 is 1.62 bits per heavy atom. The maximum Gasteiger partial charge on any atom is 0.127 e. The number of halogens is 3. The normalized spacial score (nSPS) is 11.7. The van der Waals surface area contributed by atoms with E-state index in [0.29, 0.717) is 12.0 Å². The molecule has 0 aliphatic heterocycles. The Morgan fingerprint density at radius 1 is 0.952 bits per heavy atom. The van der Waals surface area contributed by atoms with Gasteiger partial charge in [-0.2, -0.15) is 0 Å². The van der Waals surface area contributed by atoms with Gasteiger partial charge in [-0.05, 0) is 48.6 Å². The van der Waals surface area contributed by atoms with E-state index in [2.05, 4.69) is 32.0 Å². The molecule has 0 nitrogen and oxygen atoms in total. The minimum Gasteiger partial charge on any atom is -0.207 e. The second-order valence-corrected chi connectivity index (χ2v) is 6.16. The molecule has 0 radical (unpaired) electrons. The van der Waals surface area contributed by atoms with Gasteiger partial charge < -0.3 is 0 Å². The van der Waals surface area contributed by atoms with Crippen LogP contribution in [0, 0.1) is 19.7 Å². The summed E-state index contributed by atoms with van der Waals surface area (Å²) in [7, 11) is 0. The number of hydrogen-bond donors (Lipinski definition) is 0. The number of alkyl halides is 2. The lowest BCUT2D eigenvalue weighted by atomic mass is 9.78. The highest BCUT2D eigenvalue weighted by molar-refractivity contribution is 6.22. The summed E-state index contributed by atoms with van der Waals surface area (Å²) in [5.74, 6) is 0.317. The first-order valence-electron chi connectivity index (χ1n) is 6.95. The standard InChI is InChI=1S/C18H19Cl2F/c1-13-7-8-15(9-14(13)2)10-18(11-19,12-20)16-5-3-4-6-17(16)21/h3-9H,10-12H2,1-2H3. The van der Waals surface area contributed by atoms with Crippen LogP contribution in [0.2, 0.25) is 0 Å². The molecule has 3 heteroatoms. The van der Waals surface area contributed by atoms with Crippen molar-refractivity contribution in [3.63, 3.8) is 0 Å². The van der Waals surface area contributed by atoms with Crippen LogP contribution in [0.4, 0.5) is 4.39 Å². The minimum absolute atomic E-state index is 0.248. The van der Waals surface area contributed by atoms with Gasteiger partial charge in [-0.15, -0.1) is 23.2 Å². The summed E-state index contributed by atoms with van der Waals surface area (Å²) >= 11 is 12.4. The van der Waals surface area contributed by atoms with Crippen molar-refractivity contribution in [3.05, 3.63) is 70.5 Å². The summed E-state index contributed by atoms with van der Waals surface area (Å²) in [5, 5.41) is 0. The second kappa shape index (κ2) is 6.81. The number of aryl methyl sites for hydroxylation is 2. The van der Waals surface area contributed by atoms with Gasteiger partial charge in [0.1, 0.15) is 5.82 Å². The zero-order chi connectivity index (χ0) is 15.5. The van der Waals surface area contributed by atoms with Gasteiger partial charge in [0.25, 0.3) is 0 Å². The predicted octanol–water partition coefficient (Wildman–Crippen LogP) is 5.40. The van der Waals surface area contributed by atoms with Crippen molar-refractivity contribution in [3.8, 4) is 0 Å². The zero-order valence-corrected chi connectivity index (χ0v) is 13.8. The van der Waals surface area contributed by atoms with Gasteiger partial charge >= 0.3 is 0 Å². The molecule has 2 aromatic rings. The Bertz CT molecular complexity index is 618. The summed E-state index contributed by atoms with van der Waals surface area (Å²) in [6.07, 6.45) is 0.627. The third-order valence-electron chi connectivity index (χ3n) is 4.07. The van der Waals surface area contributed by atoms with Crippen LogP contribution >= 0.6 is 23.2 Å². The van der Waals surface area contributed by atoms with E-state index in [4.69, 9.17) is 23.2 Å². The number of hydrogen-bond acceptors (Lipinski definition) is 0. The van der Waals surface area contributed by atoms with Gasteiger partial charge in [-0.1, -0.05) is 36.4 Å². The minimum atomic E-state index is -0.587. The topological polar surface area (TPSA) is 0 Å². The Balaban J connectivity index is 2.43. The summed E-state index contributed by atoms with van der Waals surface area (Å²) in [4.78, 5) is 0. The van der Waals surface area contributed by atoms with Gasteiger partial charge in [0.05, 0.1) is 0 Å². The molecule has 0 N–H and O–H groups in total. The first kappa shape index (κ1) is 16.3. The molecule has 0 aliphatic rings. The number of benzene rings is 2. The fraction of sp³-hybridized carbons (Fsp3) is 0.333. The maximum atomic E-state index is 14.2. The van der Waals surface area contributed by atoms with Gasteiger partial charge in [-0.25, -0.2) is 4.39 Å². The van der Waals surface area contributed by atoms with E-state index in [9.17, 15) is 4.39 Å².